The smallest absolute Gasteiger partial charge is 0.0486 e. The molecule has 1 aliphatic heterocycles. The van der Waals surface area contributed by atoms with Gasteiger partial charge in [-0.15, -0.1) is 0 Å². The fourth-order valence-electron chi connectivity index (χ4n) is 5.44. The molecule has 1 aliphatic carbocycles. The first-order chi connectivity index (χ1) is 13.1. The number of likely N-dealkylation sites (N-methyl/N-ethyl adjacent to an activating group) is 1. The van der Waals surface area contributed by atoms with Crippen molar-refractivity contribution in [1.29, 1.82) is 0 Å². The summed E-state index contributed by atoms with van der Waals surface area (Å²) in [6.45, 7) is 4.32. The normalized spacial score (nSPS) is 22.2. The standard InChI is InChI=1S/C24H27ClN2/c1-16-6-11-22-20(14-16)24-19-4-3-5-21(19)26(2)15-23(24)27(22)13-12-17-7-9-18(25)10-8-17/h6-11,14,19,21H,3-5,12-13,15H2,1-2H3. The van der Waals surface area contributed by atoms with Gasteiger partial charge in [-0.2, -0.15) is 0 Å². The highest BCUT2D eigenvalue weighted by molar-refractivity contribution is 6.30. The Hall–Kier alpha value is -1.77. The molecule has 0 saturated heterocycles. The fraction of sp³-hybridized carbons (Fsp3) is 0.417. The predicted octanol–water partition coefficient (Wildman–Crippen LogP) is 5.93. The molecule has 3 aromatic rings. The first kappa shape index (κ1) is 17.3. The van der Waals surface area contributed by atoms with Gasteiger partial charge in [-0.1, -0.05) is 41.8 Å². The van der Waals surface area contributed by atoms with E-state index in [2.05, 4.69) is 53.8 Å². The molecule has 2 atom stereocenters. The van der Waals surface area contributed by atoms with Gasteiger partial charge in [0.15, 0.2) is 0 Å². The third-order valence-corrected chi connectivity index (χ3v) is 6.97. The van der Waals surface area contributed by atoms with E-state index in [9.17, 15) is 0 Å². The van der Waals surface area contributed by atoms with Crippen LogP contribution >= 0.6 is 11.6 Å². The highest BCUT2D eigenvalue weighted by atomic mass is 35.5. The lowest BCUT2D eigenvalue weighted by Gasteiger charge is -2.36. The monoisotopic (exact) mass is 378 g/mol. The second-order valence-electron chi connectivity index (χ2n) is 8.43. The third-order valence-electron chi connectivity index (χ3n) is 6.72. The number of hydrogen-bond donors (Lipinski definition) is 0. The minimum absolute atomic E-state index is 0.708. The second kappa shape index (κ2) is 6.68. The van der Waals surface area contributed by atoms with E-state index in [1.54, 1.807) is 11.3 Å². The molecule has 5 rings (SSSR count). The molecular weight excluding hydrogens is 352 g/mol. The number of fused-ring (bicyclic) bond motifs is 5. The summed E-state index contributed by atoms with van der Waals surface area (Å²) in [6.07, 6.45) is 5.09. The van der Waals surface area contributed by atoms with Crippen molar-refractivity contribution in [2.45, 2.75) is 57.7 Å². The van der Waals surface area contributed by atoms with Gasteiger partial charge in [0.1, 0.15) is 0 Å². The van der Waals surface area contributed by atoms with Crippen LogP contribution in [0.25, 0.3) is 10.9 Å². The molecule has 2 heterocycles. The van der Waals surface area contributed by atoms with Crippen LogP contribution in [0.15, 0.2) is 42.5 Å². The molecule has 0 amide bonds. The summed E-state index contributed by atoms with van der Waals surface area (Å²) in [5.41, 5.74) is 7.35. The fourth-order valence-corrected chi connectivity index (χ4v) is 5.56. The van der Waals surface area contributed by atoms with Crippen molar-refractivity contribution in [2.75, 3.05) is 7.05 Å². The topological polar surface area (TPSA) is 8.17 Å². The second-order valence-corrected chi connectivity index (χ2v) is 8.87. The van der Waals surface area contributed by atoms with Crippen LogP contribution in [-0.2, 0) is 19.5 Å². The lowest BCUT2D eigenvalue weighted by atomic mass is 9.87. The van der Waals surface area contributed by atoms with Gasteiger partial charge in [0.25, 0.3) is 0 Å². The lowest BCUT2D eigenvalue weighted by Crippen LogP contribution is -2.38. The molecular formula is C24H27ClN2. The maximum Gasteiger partial charge on any atom is 0.0486 e. The number of hydrogen-bond acceptors (Lipinski definition) is 1. The molecule has 1 fully saturated rings. The van der Waals surface area contributed by atoms with Crippen LogP contribution in [0, 0.1) is 6.92 Å². The van der Waals surface area contributed by atoms with Crippen LogP contribution in [0.2, 0.25) is 5.02 Å². The molecule has 1 saturated carbocycles. The van der Waals surface area contributed by atoms with E-state index in [4.69, 9.17) is 11.6 Å². The predicted molar refractivity (Wildman–Crippen MR) is 114 cm³/mol. The van der Waals surface area contributed by atoms with E-state index in [0.717, 1.165) is 30.6 Å². The van der Waals surface area contributed by atoms with Crippen LogP contribution < -0.4 is 0 Å². The molecule has 0 bridgehead atoms. The van der Waals surface area contributed by atoms with Gasteiger partial charge in [0.05, 0.1) is 0 Å². The summed E-state index contributed by atoms with van der Waals surface area (Å²) in [7, 11) is 2.32. The number of halogens is 1. The number of aryl methyl sites for hydroxylation is 3. The average Bonchev–Trinajstić information content (AvgIpc) is 3.24. The van der Waals surface area contributed by atoms with Gasteiger partial charge in [0, 0.05) is 46.7 Å². The summed E-state index contributed by atoms with van der Waals surface area (Å²) < 4.78 is 2.60. The number of rotatable bonds is 3. The van der Waals surface area contributed by atoms with E-state index in [-0.39, 0.29) is 0 Å². The van der Waals surface area contributed by atoms with Crippen molar-refractivity contribution in [3.63, 3.8) is 0 Å². The third kappa shape index (κ3) is 2.90. The Morgan fingerprint density at radius 1 is 1.07 bits per heavy atom. The maximum absolute atomic E-state index is 6.06. The van der Waals surface area contributed by atoms with E-state index >= 15 is 0 Å². The molecule has 27 heavy (non-hydrogen) atoms. The van der Waals surface area contributed by atoms with Gasteiger partial charge < -0.3 is 4.57 Å². The van der Waals surface area contributed by atoms with Gasteiger partial charge in [-0.25, -0.2) is 0 Å². The molecule has 1 aromatic heterocycles. The molecule has 2 unspecified atom stereocenters. The van der Waals surface area contributed by atoms with Gasteiger partial charge in [0.2, 0.25) is 0 Å². The highest BCUT2D eigenvalue weighted by Gasteiger charge is 2.39. The number of aromatic nitrogens is 1. The van der Waals surface area contributed by atoms with E-state index in [0.29, 0.717) is 5.92 Å². The Bertz CT molecular complexity index is 986. The SMILES string of the molecule is Cc1ccc2c(c1)c1c(n2CCc2ccc(Cl)cc2)CN(C)C2CCCC12. The summed E-state index contributed by atoms with van der Waals surface area (Å²) in [4.78, 5) is 2.60. The molecule has 140 valence electrons. The molecule has 3 heteroatoms. The first-order valence-electron chi connectivity index (χ1n) is 10.2. The van der Waals surface area contributed by atoms with Crippen LogP contribution in [0.3, 0.4) is 0 Å². The molecule has 2 nitrogen and oxygen atoms in total. The Morgan fingerprint density at radius 3 is 2.70 bits per heavy atom. The number of benzene rings is 2. The zero-order chi connectivity index (χ0) is 18.5. The summed E-state index contributed by atoms with van der Waals surface area (Å²) in [6, 6.07) is 16.1. The van der Waals surface area contributed by atoms with Gasteiger partial charge in [-0.3, -0.25) is 4.90 Å². The van der Waals surface area contributed by atoms with E-state index in [1.165, 1.54) is 41.3 Å². The largest absolute Gasteiger partial charge is 0.343 e. The summed E-state index contributed by atoms with van der Waals surface area (Å²) in [5.74, 6) is 0.708. The van der Waals surface area contributed by atoms with Gasteiger partial charge >= 0.3 is 0 Å². The lowest BCUT2D eigenvalue weighted by molar-refractivity contribution is 0.196. The molecule has 0 radical (unpaired) electrons. The van der Waals surface area contributed by atoms with Gasteiger partial charge in [-0.05, 0) is 68.6 Å². The van der Waals surface area contributed by atoms with Crippen LogP contribution in [0.4, 0.5) is 0 Å². The van der Waals surface area contributed by atoms with Crippen molar-refractivity contribution in [3.05, 3.63) is 69.9 Å². The molecule has 2 aliphatic rings. The molecule has 0 spiro atoms. The Morgan fingerprint density at radius 2 is 1.89 bits per heavy atom. The van der Waals surface area contributed by atoms with Crippen LogP contribution in [-0.4, -0.2) is 22.6 Å². The maximum atomic E-state index is 6.06. The summed E-state index contributed by atoms with van der Waals surface area (Å²) in [5, 5.41) is 2.32. The van der Waals surface area contributed by atoms with Crippen LogP contribution in [0.5, 0.6) is 0 Å². The average molecular weight is 379 g/mol. The van der Waals surface area contributed by atoms with E-state index in [1.807, 2.05) is 12.1 Å². The highest BCUT2D eigenvalue weighted by Crippen LogP contribution is 2.47. The zero-order valence-corrected chi connectivity index (χ0v) is 17.0. The van der Waals surface area contributed by atoms with Crippen molar-refractivity contribution < 1.29 is 0 Å². The first-order valence-corrected chi connectivity index (χ1v) is 10.6. The van der Waals surface area contributed by atoms with Crippen molar-refractivity contribution >= 4 is 22.5 Å². The van der Waals surface area contributed by atoms with Crippen molar-refractivity contribution in [3.8, 4) is 0 Å². The Kier molecular flexibility index (Phi) is 4.29. The minimum Gasteiger partial charge on any atom is -0.343 e. The van der Waals surface area contributed by atoms with Crippen molar-refractivity contribution in [1.82, 2.24) is 9.47 Å². The molecule has 0 N–H and O–H groups in total. The van der Waals surface area contributed by atoms with Crippen LogP contribution in [0.1, 0.15) is 47.6 Å². The zero-order valence-electron chi connectivity index (χ0n) is 16.2. The van der Waals surface area contributed by atoms with Crippen molar-refractivity contribution in [2.24, 2.45) is 0 Å². The molecule has 2 aromatic carbocycles. The minimum atomic E-state index is 0.708. The Balaban J connectivity index is 1.59. The Labute approximate surface area is 166 Å². The quantitative estimate of drug-likeness (QED) is 0.548. The number of nitrogens with zero attached hydrogens (tertiary/aromatic N) is 2. The summed E-state index contributed by atoms with van der Waals surface area (Å²) >= 11 is 6.06. The van der Waals surface area contributed by atoms with E-state index < -0.39 is 0 Å².